The lowest BCUT2D eigenvalue weighted by atomic mass is 9.89. The monoisotopic (exact) mass is 344 g/mol. The van der Waals surface area contributed by atoms with Gasteiger partial charge in [-0.15, -0.1) is 0 Å². The van der Waals surface area contributed by atoms with E-state index in [2.05, 4.69) is 20.0 Å². The molecule has 0 amide bonds. The summed E-state index contributed by atoms with van der Waals surface area (Å²) >= 11 is 0. The van der Waals surface area contributed by atoms with E-state index in [1.165, 1.54) is 5.56 Å². The van der Waals surface area contributed by atoms with Crippen LogP contribution >= 0.6 is 0 Å². The number of ether oxygens (including phenoxy) is 2. The summed E-state index contributed by atoms with van der Waals surface area (Å²) in [7, 11) is 0. The van der Waals surface area contributed by atoms with Gasteiger partial charge in [0.05, 0.1) is 17.9 Å². The summed E-state index contributed by atoms with van der Waals surface area (Å²) < 4.78 is 17.4. The van der Waals surface area contributed by atoms with Gasteiger partial charge in [0.25, 0.3) is 0 Å². The Bertz CT molecular complexity index is 701. The topological polar surface area (TPSA) is 73.5 Å². The third-order valence-electron chi connectivity index (χ3n) is 5.17. The van der Waals surface area contributed by atoms with Gasteiger partial charge in [-0.2, -0.15) is 0 Å². The lowest BCUT2D eigenvalue weighted by Gasteiger charge is -2.39. The normalized spacial score (nSPS) is 27.0. The number of aryl methyl sites for hydroxylation is 2. The molecule has 134 valence electrons. The summed E-state index contributed by atoms with van der Waals surface area (Å²) in [6.07, 6.45) is 6.48. The minimum absolute atomic E-state index is 0.0152. The molecular formula is C18H24N4O3. The molecule has 2 saturated heterocycles. The predicted molar refractivity (Wildman–Crippen MR) is 90.2 cm³/mol. The Labute approximate surface area is 147 Å². The highest BCUT2D eigenvalue weighted by atomic mass is 16.6. The van der Waals surface area contributed by atoms with Gasteiger partial charge < -0.3 is 14.0 Å². The molecule has 0 radical (unpaired) electrons. The van der Waals surface area contributed by atoms with Crippen LogP contribution in [0.15, 0.2) is 23.0 Å². The van der Waals surface area contributed by atoms with Crippen molar-refractivity contribution in [1.29, 1.82) is 0 Å². The number of likely N-dealkylation sites (tertiary alicyclic amines) is 1. The number of hydrogen-bond acceptors (Lipinski definition) is 7. The van der Waals surface area contributed by atoms with E-state index in [4.69, 9.17) is 14.0 Å². The average molecular weight is 344 g/mol. The minimum Gasteiger partial charge on any atom is -0.458 e. The molecule has 4 rings (SSSR count). The number of rotatable bonds is 4. The van der Waals surface area contributed by atoms with Crippen molar-refractivity contribution in [2.24, 2.45) is 0 Å². The Balaban J connectivity index is 1.39. The summed E-state index contributed by atoms with van der Waals surface area (Å²) in [4.78, 5) is 10.7. The van der Waals surface area contributed by atoms with Crippen LogP contribution in [0.5, 0.6) is 6.01 Å². The quantitative estimate of drug-likeness (QED) is 0.842. The first-order chi connectivity index (χ1) is 12.1. The van der Waals surface area contributed by atoms with E-state index in [-0.39, 0.29) is 11.7 Å². The van der Waals surface area contributed by atoms with Crippen LogP contribution < -0.4 is 4.74 Å². The molecule has 0 aliphatic carbocycles. The highest BCUT2D eigenvalue weighted by molar-refractivity contribution is 5.20. The average Bonchev–Trinajstić information content (AvgIpc) is 3.14. The first-order valence-electron chi connectivity index (χ1n) is 8.85. The Morgan fingerprint density at radius 3 is 2.92 bits per heavy atom. The third-order valence-corrected chi connectivity index (χ3v) is 5.17. The Morgan fingerprint density at radius 1 is 1.32 bits per heavy atom. The van der Waals surface area contributed by atoms with Crippen molar-refractivity contribution in [3.05, 3.63) is 35.5 Å². The second-order valence-corrected chi connectivity index (χ2v) is 7.09. The molecule has 1 spiro atoms. The Kier molecular flexibility index (Phi) is 4.43. The van der Waals surface area contributed by atoms with E-state index < -0.39 is 0 Å². The molecule has 0 unspecified atom stereocenters. The molecule has 0 N–H and O–H groups in total. The van der Waals surface area contributed by atoms with Crippen molar-refractivity contribution in [2.75, 3.05) is 19.7 Å². The fourth-order valence-corrected chi connectivity index (χ4v) is 3.93. The fourth-order valence-electron chi connectivity index (χ4n) is 3.93. The highest BCUT2D eigenvalue weighted by Crippen LogP contribution is 2.36. The Morgan fingerprint density at radius 2 is 2.16 bits per heavy atom. The molecule has 0 bridgehead atoms. The molecule has 2 aliphatic rings. The standard InChI is InChI=1S/C18H24N4O3/c1-13-16(14(2)25-21-13)10-22-8-3-5-18(12-22)9-15(11-23-18)24-17-19-6-4-7-20-17/h4,6-7,15H,3,5,8-12H2,1-2H3/t15-,18+/m1/s1. The molecule has 0 aromatic carbocycles. The van der Waals surface area contributed by atoms with Gasteiger partial charge >= 0.3 is 6.01 Å². The number of hydrogen-bond donors (Lipinski definition) is 0. The second-order valence-electron chi connectivity index (χ2n) is 7.09. The number of nitrogens with zero attached hydrogens (tertiary/aromatic N) is 4. The van der Waals surface area contributed by atoms with Crippen LogP contribution in [0.1, 0.15) is 36.3 Å². The molecule has 0 saturated carbocycles. The predicted octanol–water partition coefficient (Wildman–Crippen LogP) is 2.28. The van der Waals surface area contributed by atoms with Crippen molar-refractivity contribution in [1.82, 2.24) is 20.0 Å². The number of piperidine rings is 1. The molecule has 7 nitrogen and oxygen atoms in total. The maximum absolute atomic E-state index is 6.21. The van der Waals surface area contributed by atoms with Gasteiger partial charge in [0.15, 0.2) is 0 Å². The molecular weight excluding hydrogens is 320 g/mol. The maximum Gasteiger partial charge on any atom is 0.316 e. The summed E-state index contributed by atoms with van der Waals surface area (Å²) in [6.45, 7) is 7.41. The third kappa shape index (κ3) is 3.52. The molecule has 4 heterocycles. The lowest BCUT2D eigenvalue weighted by Crippen LogP contribution is -2.47. The first kappa shape index (κ1) is 16.5. The largest absolute Gasteiger partial charge is 0.458 e. The van der Waals surface area contributed by atoms with Gasteiger partial charge in [-0.3, -0.25) is 4.90 Å². The molecule has 2 aliphatic heterocycles. The van der Waals surface area contributed by atoms with Crippen molar-refractivity contribution in [2.45, 2.75) is 51.4 Å². The van der Waals surface area contributed by atoms with E-state index in [1.54, 1.807) is 18.5 Å². The molecule has 2 aromatic heterocycles. The minimum atomic E-state index is -0.128. The number of aromatic nitrogens is 3. The van der Waals surface area contributed by atoms with Crippen LogP contribution in [-0.4, -0.2) is 51.4 Å². The van der Waals surface area contributed by atoms with E-state index in [0.29, 0.717) is 12.6 Å². The van der Waals surface area contributed by atoms with Crippen LogP contribution in [0.4, 0.5) is 0 Å². The molecule has 25 heavy (non-hydrogen) atoms. The van der Waals surface area contributed by atoms with E-state index in [1.807, 2.05) is 13.8 Å². The summed E-state index contributed by atoms with van der Waals surface area (Å²) in [5, 5.41) is 4.06. The van der Waals surface area contributed by atoms with Gasteiger partial charge in [-0.05, 0) is 39.3 Å². The maximum atomic E-state index is 6.21. The zero-order chi connectivity index (χ0) is 17.3. The summed E-state index contributed by atoms with van der Waals surface area (Å²) in [6, 6.07) is 2.21. The summed E-state index contributed by atoms with van der Waals surface area (Å²) in [5.41, 5.74) is 2.05. The SMILES string of the molecule is Cc1noc(C)c1CN1CCC[C@]2(C[C@@H](Oc3ncccn3)CO2)C1. The van der Waals surface area contributed by atoms with Gasteiger partial charge in [-0.25, -0.2) is 9.97 Å². The summed E-state index contributed by atoms with van der Waals surface area (Å²) in [5.74, 6) is 0.909. The van der Waals surface area contributed by atoms with Crippen LogP contribution in [0.2, 0.25) is 0 Å². The first-order valence-corrected chi connectivity index (χ1v) is 8.85. The van der Waals surface area contributed by atoms with E-state index in [9.17, 15) is 0 Å². The van der Waals surface area contributed by atoms with E-state index in [0.717, 1.165) is 50.4 Å². The van der Waals surface area contributed by atoms with E-state index >= 15 is 0 Å². The van der Waals surface area contributed by atoms with Crippen LogP contribution in [0.3, 0.4) is 0 Å². The van der Waals surface area contributed by atoms with Crippen LogP contribution in [0.25, 0.3) is 0 Å². The van der Waals surface area contributed by atoms with Crippen molar-refractivity contribution >= 4 is 0 Å². The fraction of sp³-hybridized carbons (Fsp3) is 0.611. The van der Waals surface area contributed by atoms with Crippen molar-refractivity contribution in [3.8, 4) is 6.01 Å². The lowest BCUT2D eigenvalue weighted by molar-refractivity contribution is -0.0539. The Hall–Kier alpha value is -1.99. The van der Waals surface area contributed by atoms with Crippen LogP contribution in [0, 0.1) is 13.8 Å². The smallest absolute Gasteiger partial charge is 0.316 e. The molecule has 2 aromatic rings. The van der Waals surface area contributed by atoms with Crippen molar-refractivity contribution in [3.63, 3.8) is 0 Å². The zero-order valence-corrected chi connectivity index (χ0v) is 14.8. The second kappa shape index (κ2) is 6.72. The molecule has 2 fully saturated rings. The highest BCUT2D eigenvalue weighted by Gasteiger charge is 2.44. The van der Waals surface area contributed by atoms with Gasteiger partial charge in [0, 0.05) is 37.5 Å². The molecule has 7 heteroatoms. The van der Waals surface area contributed by atoms with Gasteiger partial charge in [-0.1, -0.05) is 5.16 Å². The molecule has 2 atom stereocenters. The van der Waals surface area contributed by atoms with Crippen LogP contribution in [-0.2, 0) is 11.3 Å². The van der Waals surface area contributed by atoms with Gasteiger partial charge in [0.1, 0.15) is 11.9 Å². The zero-order valence-electron chi connectivity index (χ0n) is 14.8. The van der Waals surface area contributed by atoms with Gasteiger partial charge in [0.2, 0.25) is 0 Å². The van der Waals surface area contributed by atoms with Crippen molar-refractivity contribution < 1.29 is 14.0 Å².